The predicted octanol–water partition coefficient (Wildman–Crippen LogP) is 4.85. The molecule has 1 saturated heterocycles. The lowest BCUT2D eigenvalue weighted by atomic mass is 9.58. The van der Waals surface area contributed by atoms with Gasteiger partial charge < -0.3 is 14.6 Å². The molecule has 2 fully saturated rings. The van der Waals surface area contributed by atoms with Crippen molar-refractivity contribution >= 4 is 16.6 Å². The normalized spacial score (nSPS) is 25.3. The van der Waals surface area contributed by atoms with Gasteiger partial charge in [0, 0.05) is 35.7 Å². The number of hydrogen-bond donors (Lipinski definition) is 1. The average Bonchev–Trinajstić information content (AvgIpc) is 3.55. The zero-order valence-corrected chi connectivity index (χ0v) is 18.5. The highest BCUT2D eigenvalue weighted by Gasteiger charge is 2.48. The van der Waals surface area contributed by atoms with Crippen LogP contribution >= 0.6 is 0 Å². The van der Waals surface area contributed by atoms with Crippen LogP contribution in [0.25, 0.3) is 10.9 Å². The van der Waals surface area contributed by atoms with Crippen molar-refractivity contribution in [3.05, 3.63) is 69.4 Å². The van der Waals surface area contributed by atoms with Crippen molar-refractivity contribution < 1.29 is 9.66 Å². The highest BCUT2D eigenvalue weighted by molar-refractivity contribution is 5.92. The van der Waals surface area contributed by atoms with Crippen molar-refractivity contribution in [3.63, 3.8) is 0 Å². The molecule has 1 saturated carbocycles. The van der Waals surface area contributed by atoms with Gasteiger partial charge in [0.2, 0.25) is 0 Å². The molecule has 0 amide bonds. The van der Waals surface area contributed by atoms with E-state index in [0.717, 1.165) is 49.4 Å². The molecule has 6 nitrogen and oxygen atoms in total. The van der Waals surface area contributed by atoms with Gasteiger partial charge in [-0.3, -0.25) is 10.1 Å². The summed E-state index contributed by atoms with van der Waals surface area (Å²) in [6, 6.07) is 14.0. The van der Waals surface area contributed by atoms with E-state index in [0.29, 0.717) is 11.4 Å². The Labute approximate surface area is 187 Å². The molecule has 0 radical (unpaired) electrons. The van der Waals surface area contributed by atoms with Crippen LogP contribution in [0.1, 0.15) is 36.1 Å². The lowest BCUT2D eigenvalue weighted by Crippen LogP contribution is -2.54. The molecule has 0 bridgehead atoms. The van der Waals surface area contributed by atoms with Gasteiger partial charge in [0.25, 0.3) is 5.69 Å². The Hall–Kier alpha value is -2.86. The van der Waals surface area contributed by atoms with E-state index in [2.05, 4.69) is 28.1 Å². The number of nitro groups is 1. The number of nitrogens with zero attached hydrogens (tertiary/aromatic N) is 2. The molecule has 1 aromatic heterocycles. The molecule has 2 atom stereocenters. The first-order chi connectivity index (χ1) is 15.6. The summed E-state index contributed by atoms with van der Waals surface area (Å²) in [5, 5.41) is 12.7. The molecular formula is C26H29N3O3. The molecule has 6 rings (SSSR count). The van der Waals surface area contributed by atoms with Gasteiger partial charge in [0.1, 0.15) is 11.3 Å². The Kier molecular flexibility index (Phi) is 4.54. The fraction of sp³-hybridized carbons (Fsp3) is 0.462. The van der Waals surface area contributed by atoms with Crippen LogP contribution in [0.5, 0.6) is 5.75 Å². The van der Waals surface area contributed by atoms with Crippen LogP contribution < -0.4 is 4.74 Å². The number of para-hydroxylation sites is 1. The summed E-state index contributed by atoms with van der Waals surface area (Å²) in [7, 11) is 1.72. The minimum atomic E-state index is -0.271. The lowest BCUT2D eigenvalue weighted by Gasteiger charge is -2.51. The first-order valence-electron chi connectivity index (χ1n) is 11.7. The predicted molar refractivity (Wildman–Crippen MR) is 124 cm³/mol. The first kappa shape index (κ1) is 19.8. The largest absolute Gasteiger partial charge is 0.497 e. The molecule has 32 heavy (non-hydrogen) atoms. The fourth-order valence-corrected chi connectivity index (χ4v) is 6.29. The summed E-state index contributed by atoms with van der Waals surface area (Å²) in [5.74, 6) is 2.26. The Balaban J connectivity index is 1.46. The number of non-ortho nitro benzene ring substituents is 1. The summed E-state index contributed by atoms with van der Waals surface area (Å²) in [6.45, 7) is 3.42. The summed E-state index contributed by atoms with van der Waals surface area (Å²) >= 11 is 0. The van der Waals surface area contributed by atoms with E-state index >= 15 is 0 Å². The second kappa shape index (κ2) is 7.34. The molecule has 6 heteroatoms. The zero-order chi connectivity index (χ0) is 21.9. The maximum absolute atomic E-state index is 11.7. The number of fused-ring (bicyclic) bond motifs is 4. The molecule has 1 N–H and O–H groups in total. The lowest BCUT2D eigenvalue weighted by molar-refractivity contribution is -0.383. The number of rotatable bonds is 5. The topological polar surface area (TPSA) is 71.4 Å². The van der Waals surface area contributed by atoms with Crippen molar-refractivity contribution in [3.8, 4) is 5.75 Å². The molecule has 2 heterocycles. The zero-order valence-electron chi connectivity index (χ0n) is 18.5. The van der Waals surface area contributed by atoms with Crippen molar-refractivity contribution in [2.45, 2.75) is 37.5 Å². The SMILES string of the molecule is COc1cccc([C@]23CCN(CC4CC4)CC2Cc2c([nH]c4c([N+](=O)[O-])cccc24)C3)c1. The Morgan fingerprint density at radius 3 is 2.88 bits per heavy atom. The Bertz CT molecular complexity index is 1200. The Morgan fingerprint density at radius 1 is 1.25 bits per heavy atom. The molecule has 0 spiro atoms. The third-order valence-corrected chi connectivity index (χ3v) is 8.14. The Morgan fingerprint density at radius 2 is 2.09 bits per heavy atom. The number of nitro benzene ring substituents is 1. The van der Waals surface area contributed by atoms with Crippen LogP contribution in [0.4, 0.5) is 5.69 Å². The number of hydrogen-bond acceptors (Lipinski definition) is 4. The van der Waals surface area contributed by atoms with Crippen LogP contribution in [0.3, 0.4) is 0 Å². The standard InChI is InChI=1S/C26H29N3O3/c1-32-20-5-2-4-18(12-20)26-10-11-28(15-17-8-9-17)16-19(26)13-22-21-6-3-7-24(29(30)31)25(21)27-23(22)14-26/h2-7,12,17,19,27H,8-11,13-16H2,1H3/t19?,26-/m1/s1. The van der Waals surface area contributed by atoms with Gasteiger partial charge in [-0.25, -0.2) is 0 Å². The quantitative estimate of drug-likeness (QED) is 0.463. The number of methoxy groups -OCH3 is 1. The van der Waals surface area contributed by atoms with Crippen molar-refractivity contribution in [2.24, 2.45) is 11.8 Å². The molecule has 3 aliphatic rings. The first-order valence-corrected chi connectivity index (χ1v) is 11.7. The monoisotopic (exact) mass is 431 g/mol. The van der Waals surface area contributed by atoms with Crippen LogP contribution in [0.2, 0.25) is 0 Å². The molecule has 2 aromatic carbocycles. The van der Waals surface area contributed by atoms with Crippen LogP contribution in [0, 0.1) is 22.0 Å². The third kappa shape index (κ3) is 3.12. The van der Waals surface area contributed by atoms with Gasteiger partial charge in [-0.1, -0.05) is 24.3 Å². The van der Waals surface area contributed by atoms with E-state index in [9.17, 15) is 10.1 Å². The van der Waals surface area contributed by atoms with Crippen molar-refractivity contribution in [1.82, 2.24) is 9.88 Å². The fourth-order valence-electron chi connectivity index (χ4n) is 6.29. The highest BCUT2D eigenvalue weighted by Crippen LogP contribution is 2.50. The molecular weight excluding hydrogens is 402 g/mol. The van der Waals surface area contributed by atoms with Crippen molar-refractivity contribution in [1.29, 1.82) is 0 Å². The smallest absolute Gasteiger partial charge is 0.293 e. The maximum Gasteiger partial charge on any atom is 0.293 e. The van der Waals surface area contributed by atoms with Gasteiger partial charge in [-0.05, 0) is 73.7 Å². The second-order valence-corrected chi connectivity index (χ2v) is 9.96. The number of benzene rings is 2. The summed E-state index contributed by atoms with van der Waals surface area (Å²) in [4.78, 5) is 17.5. The minimum absolute atomic E-state index is 0.0250. The van der Waals surface area contributed by atoms with Crippen LogP contribution in [-0.2, 0) is 18.3 Å². The molecule has 1 unspecified atom stereocenters. The summed E-state index contributed by atoms with van der Waals surface area (Å²) in [5.41, 5.74) is 4.66. The van der Waals surface area contributed by atoms with E-state index in [1.807, 2.05) is 18.2 Å². The summed E-state index contributed by atoms with van der Waals surface area (Å²) < 4.78 is 5.57. The number of ether oxygens (including phenoxy) is 1. The van der Waals surface area contributed by atoms with Gasteiger partial charge in [-0.2, -0.15) is 0 Å². The van der Waals surface area contributed by atoms with E-state index in [1.54, 1.807) is 13.2 Å². The summed E-state index contributed by atoms with van der Waals surface area (Å²) in [6.07, 6.45) is 5.70. The molecule has 166 valence electrons. The van der Waals surface area contributed by atoms with Gasteiger partial charge in [0.05, 0.1) is 12.0 Å². The van der Waals surface area contributed by atoms with Crippen molar-refractivity contribution in [2.75, 3.05) is 26.7 Å². The van der Waals surface area contributed by atoms with E-state index in [4.69, 9.17) is 4.74 Å². The second-order valence-electron chi connectivity index (χ2n) is 9.96. The highest BCUT2D eigenvalue weighted by atomic mass is 16.6. The number of H-pyrrole nitrogens is 1. The molecule has 2 aliphatic carbocycles. The number of likely N-dealkylation sites (tertiary alicyclic amines) is 1. The van der Waals surface area contributed by atoms with Crippen LogP contribution in [0.15, 0.2) is 42.5 Å². The molecule has 1 aliphatic heterocycles. The van der Waals surface area contributed by atoms with E-state index in [-0.39, 0.29) is 16.0 Å². The van der Waals surface area contributed by atoms with E-state index < -0.39 is 0 Å². The average molecular weight is 432 g/mol. The van der Waals surface area contributed by atoms with Gasteiger partial charge in [-0.15, -0.1) is 0 Å². The molecule has 3 aromatic rings. The number of nitrogens with one attached hydrogen (secondary N) is 1. The number of aromatic nitrogens is 1. The van der Waals surface area contributed by atoms with Gasteiger partial charge in [0.15, 0.2) is 0 Å². The van der Waals surface area contributed by atoms with Crippen LogP contribution in [-0.4, -0.2) is 41.6 Å². The minimum Gasteiger partial charge on any atom is -0.497 e. The number of aromatic amines is 1. The van der Waals surface area contributed by atoms with E-state index in [1.165, 1.54) is 36.2 Å². The number of piperidine rings is 1. The maximum atomic E-state index is 11.7. The van der Waals surface area contributed by atoms with Gasteiger partial charge >= 0.3 is 0 Å². The third-order valence-electron chi connectivity index (χ3n) is 8.14.